The summed E-state index contributed by atoms with van der Waals surface area (Å²) in [6.07, 6.45) is 11.6. The van der Waals surface area contributed by atoms with Crippen molar-refractivity contribution in [2.75, 3.05) is 6.54 Å². The number of aromatic amines is 1. The van der Waals surface area contributed by atoms with Crippen LogP contribution < -0.4 is 5.32 Å². The fourth-order valence-electron chi connectivity index (χ4n) is 2.68. The lowest BCUT2D eigenvalue weighted by atomic mass is 9.84. The molecule has 1 aliphatic rings. The fraction of sp³-hybridized carbons (Fsp3) is 0.769. The zero-order valence-electron chi connectivity index (χ0n) is 10.2. The first-order chi connectivity index (χ1) is 7.88. The van der Waals surface area contributed by atoms with Crippen LogP contribution in [0.15, 0.2) is 12.4 Å². The molecule has 1 fully saturated rings. The molecule has 3 nitrogen and oxygen atoms in total. The predicted molar refractivity (Wildman–Crippen MR) is 66.3 cm³/mol. The van der Waals surface area contributed by atoms with Crippen LogP contribution in [0.1, 0.15) is 44.9 Å². The number of hydrogen-bond acceptors (Lipinski definition) is 2. The van der Waals surface area contributed by atoms with Gasteiger partial charge in [-0.15, -0.1) is 0 Å². The molecule has 2 atom stereocenters. The maximum Gasteiger partial charge on any atom is 0.107 e. The zero-order chi connectivity index (χ0) is 11.2. The molecule has 0 saturated heterocycles. The van der Waals surface area contributed by atoms with Gasteiger partial charge in [-0.25, -0.2) is 4.98 Å². The molecule has 0 aliphatic heterocycles. The minimum atomic E-state index is 0.744. The molecule has 1 aromatic heterocycles. The van der Waals surface area contributed by atoms with Crippen molar-refractivity contribution in [3.63, 3.8) is 0 Å². The smallest absolute Gasteiger partial charge is 0.107 e. The SMILES string of the molecule is CCC1CCCC(NCCc2ncc[nH]2)C1. The second kappa shape index (κ2) is 6.04. The molecule has 2 rings (SSSR count). The third-order valence-corrected chi connectivity index (χ3v) is 3.71. The number of rotatable bonds is 5. The van der Waals surface area contributed by atoms with Gasteiger partial charge in [-0.1, -0.05) is 26.2 Å². The first kappa shape index (κ1) is 11.6. The van der Waals surface area contributed by atoms with Gasteiger partial charge in [-0.05, 0) is 18.8 Å². The molecule has 90 valence electrons. The lowest BCUT2D eigenvalue weighted by Crippen LogP contribution is -2.35. The third-order valence-electron chi connectivity index (χ3n) is 3.71. The van der Waals surface area contributed by atoms with E-state index in [2.05, 4.69) is 22.2 Å². The summed E-state index contributed by atoms with van der Waals surface area (Å²) >= 11 is 0. The van der Waals surface area contributed by atoms with Gasteiger partial charge in [0.25, 0.3) is 0 Å². The fourth-order valence-corrected chi connectivity index (χ4v) is 2.68. The molecule has 0 bridgehead atoms. The van der Waals surface area contributed by atoms with Crippen LogP contribution in [0.2, 0.25) is 0 Å². The van der Waals surface area contributed by atoms with E-state index in [1.54, 1.807) is 0 Å². The molecule has 3 heteroatoms. The molecule has 0 radical (unpaired) electrons. The van der Waals surface area contributed by atoms with E-state index in [1.807, 2.05) is 12.4 Å². The normalized spacial score (nSPS) is 25.8. The molecule has 0 amide bonds. The lowest BCUT2D eigenvalue weighted by molar-refractivity contribution is 0.280. The Labute approximate surface area is 98.1 Å². The quantitative estimate of drug-likeness (QED) is 0.802. The third kappa shape index (κ3) is 3.34. The highest BCUT2D eigenvalue weighted by molar-refractivity contribution is 4.88. The van der Waals surface area contributed by atoms with Crippen molar-refractivity contribution < 1.29 is 0 Å². The molecule has 2 unspecified atom stereocenters. The Kier molecular flexibility index (Phi) is 4.40. The van der Waals surface area contributed by atoms with Gasteiger partial charge in [0.2, 0.25) is 0 Å². The molecule has 1 saturated carbocycles. The second-order valence-corrected chi connectivity index (χ2v) is 4.88. The highest BCUT2D eigenvalue weighted by Crippen LogP contribution is 2.26. The van der Waals surface area contributed by atoms with Crippen molar-refractivity contribution in [1.29, 1.82) is 0 Å². The Morgan fingerprint density at radius 1 is 1.50 bits per heavy atom. The number of imidazole rings is 1. The summed E-state index contributed by atoms with van der Waals surface area (Å²) < 4.78 is 0. The lowest BCUT2D eigenvalue weighted by Gasteiger charge is -2.29. The number of nitrogens with one attached hydrogen (secondary N) is 2. The topological polar surface area (TPSA) is 40.7 Å². The average Bonchev–Trinajstić information content (AvgIpc) is 2.82. The summed E-state index contributed by atoms with van der Waals surface area (Å²) in [5, 5.41) is 3.66. The second-order valence-electron chi connectivity index (χ2n) is 4.88. The molecule has 1 aromatic rings. The van der Waals surface area contributed by atoms with E-state index in [1.165, 1.54) is 32.1 Å². The van der Waals surface area contributed by atoms with E-state index in [0.717, 1.165) is 30.7 Å². The van der Waals surface area contributed by atoms with Gasteiger partial charge in [0, 0.05) is 31.4 Å². The van der Waals surface area contributed by atoms with Gasteiger partial charge in [0.1, 0.15) is 5.82 Å². The van der Waals surface area contributed by atoms with Crippen molar-refractivity contribution in [3.05, 3.63) is 18.2 Å². The summed E-state index contributed by atoms with van der Waals surface area (Å²) in [5.41, 5.74) is 0. The number of nitrogens with zero attached hydrogens (tertiary/aromatic N) is 1. The van der Waals surface area contributed by atoms with Crippen molar-refractivity contribution in [2.24, 2.45) is 5.92 Å². The van der Waals surface area contributed by atoms with Crippen LogP contribution in [0, 0.1) is 5.92 Å². The van der Waals surface area contributed by atoms with E-state index in [0.29, 0.717) is 0 Å². The van der Waals surface area contributed by atoms with Crippen LogP contribution in [0.25, 0.3) is 0 Å². The number of hydrogen-bond donors (Lipinski definition) is 2. The van der Waals surface area contributed by atoms with E-state index in [4.69, 9.17) is 0 Å². The first-order valence-electron chi connectivity index (χ1n) is 6.60. The summed E-state index contributed by atoms with van der Waals surface area (Å²) in [7, 11) is 0. The van der Waals surface area contributed by atoms with E-state index in [9.17, 15) is 0 Å². The van der Waals surface area contributed by atoms with Crippen LogP contribution in [0.3, 0.4) is 0 Å². The molecular formula is C13H23N3. The highest BCUT2D eigenvalue weighted by Gasteiger charge is 2.19. The molecular weight excluding hydrogens is 198 g/mol. The summed E-state index contributed by atoms with van der Waals surface area (Å²) in [6, 6.07) is 0.744. The molecule has 2 N–H and O–H groups in total. The van der Waals surface area contributed by atoms with Crippen LogP contribution >= 0.6 is 0 Å². The van der Waals surface area contributed by atoms with Gasteiger partial charge in [-0.2, -0.15) is 0 Å². The van der Waals surface area contributed by atoms with Crippen LogP contribution in [0.4, 0.5) is 0 Å². The van der Waals surface area contributed by atoms with E-state index in [-0.39, 0.29) is 0 Å². The number of H-pyrrole nitrogens is 1. The molecule has 16 heavy (non-hydrogen) atoms. The van der Waals surface area contributed by atoms with E-state index >= 15 is 0 Å². The highest BCUT2D eigenvalue weighted by atomic mass is 14.9. The zero-order valence-corrected chi connectivity index (χ0v) is 10.2. The van der Waals surface area contributed by atoms with E-state index < -0.39 is 0 Å². The maximum absolute atomic E-state index is 4.23. The Bertz CT molecular complexity index is 281. The molecule has 0 spiro atoms. The van der Waals surface area contributed by atoms with Gasteiger partial charge in [0.15, 0.2) is 0 Å². The maximum atomic E-state index is 4.23. The Hall–Kier alpha value is -0.830. The number of aromatic nitrogens is 2. The average molecular weight is 221 g/mol. The van der Waals surface area contributed by atoms with Crippen molar-refractivity contribution in [2.45, 2.75) is 51.5 Å². The predicted octanol–water partition coefficient (Wildman–Crippen LogP) is 2.51. The first-order valence-corrected chi connectivity index (χ1v) is 6.60. The van der Waals surface area contributed by atoms with Gasteiger partial charge in [-0.3, -0.25) is 0 Å². The van der Waals surface area contributed by atoms with Gasteiger partial charge in [0.05, 0.1) is 0 Å². The Morgan fingerprint density at radius 3 is 3.19 bits per heavy atom. The van der Waals surface area contributed by atoms with Crippen LogP contribution in [-0.4, -0.2) is 22.6 Å². The van der Waals surface area contributed by atoms with Crippen molar-refractivity contribution in [1.82, 2.24) is 15.3 Å². The largest absolute Gasteiger partial charge is 0.349 e. The minimum Gasteiger partial charge on any atom is -0.349 e. The van der Waals surface area contributed by atoms with Crippen molar-refractivity contribution >= 4 is 0 Å². The summed E-state index contributed by atoms with van der Waals surface area (Å²) in [6.45, 7) is 3.37. The standard InChI is InChI=1S/C13H23N3/c1-2-11-4-3-5-12(10-11)14-7-6-13-15-8-9-16-13/h8-9,11-12,14H,2-7,10H2,1H3,(H,15,16). The molecule has 1 heterocycles. The molecule has 0 aromatic carbocycles. The Balaban J connectivity index is 1.65. The van der Waals surface area contributed by atoms with Crippen molar-refractivity contribution in [3.8, 4) is 0 Å². The monoisotopic (exact) mass is 221 g/mol. The van der Waals surface area contributed by atoms with Crippen LogP contribution in [-0.2, 0) is 6.42 Å². The van der Waals surface area contributed by atoms with Gasteiger partial charge >= 0.3 is 0 Å². The summed E-state index contributed by atoms with van der Waals surface area (Å²) in [4.78, 5) is 7.38. The van der Waals surface area contributed by atoms with Gasteiger partial charge < -0.3 is 10.3 Å². The minimum absolute atomic E-state index is 0.744. The summed E-state index contributed by atoms with van der Waals surface area (Å²) in [5.74, 6) is 2.05. The Morgan fingerprint density at radius 2 is 2.44 bits per heavy atom. The molecule has 1 aliphatic carbocycles. The van der Waals surface area contributed by atoms with Crippen LogP contribution in [0.5, 0.6) is 0 Å².